The van der Waals surface area contributed by atoms with E-state index < -0.39 is 12.1 Å². The molecule has 270 valence electrons. The van der Waals surface area contributed by atoms with Crippen LogP contribution >= 0.6 is 0 Å². The number of rotatable bonds is 17. The van der Waals surface area contributed by atoms with Crippen molar-refractivity contribution in [2.75, 3.05) is 38.0 Å². The van der Waals surface area contributed by atoms with Gasteiger partial charge in [0.05, 0.1) is 23.8 Å². The van der Waals surface area contributed by atoms with Gasteiger partial charge >= 0.3 is 6.09 Å². The lowest BCUT2D eigenvalue weighted by atomic mass is 10.0. The van der Waals surface area contributed by atoms with E-state index in [1.54, 1.807) is 41.7 Å². The molecular formula is C39H49N7O5. The second-order valence-corrected chi connectivity index (χ2v) is 12.9. The zero-order chi connectivity index (χ0) is 35.8. The number of ether oxygens (including phenoxy) is 1. The van der Waals surface area contributed by atoms with Crippen LogP contribution in [-0.4, -0.2) is 87.7 Å². The number of phenols is 1. The van der Waals surface area contributed by atoms with Crippen LogP contribution in [0.3, 0.4) is 0 Å². The number of aromatic amines is 1. The number of aromatic hydroxyl groups is 1. The van der Waals surface area contributed by atoms with E-state index in [9.17, 15) is 19.5 Å². The van der Waals surface area contributed by atoms with Crippen LogP contribution in [0.2, 0.25) is 0 Å². The van der Waals surface area contributed by atoms with Gasteiger partial charge in [-0.2, -0.15) is 0 Å². The number of aromatic nitrogens is 2. The molecule has 1 aromatic heterocycles. The highest BCUT2D eigenvalue weighted by molar-refractivity contribution is 5.91. The van der Waals surface area contributed by atoms with Gasteiger partial charge in [0.2, 0.25) is 11.8 Å². The number of likely N-dealkylation sites (tertiary alicyclic amines) is 1. The van der Waals surface area contributed by atoms with E-state index in [1.165, 1.54) is 0 Å². The first-order chi connectivity index (χ1) is 24.8. The van der Waals surface area contributed by atoms with Gasteiger partial charge in [-0.1, -0.05) is 60.7 Å². The first kappa shape index (κ1) is 37.1. The first-order valence-electron chi connectivity index (χ1n) is 17.7. The largest absolute Gasteiger partial charge is 0.508 e. The molecule has 3 amide bonds. The first-order valence-corrected chi connectivity index (χ1v) is 17.7. The van der Waals surface area contributed by atoms with Gasteiger partial charge in [-0.05, 0) is 61.4 Å². The Morgan fingerprint density at radius 1 is 0.980 bits per heavy atom. The molecule has 4 aromatic rings. The molecule has 1 aliphatic heterocycles. The van der Waals surface area contributed by atoms with Crippen molar-refractivity contribution < 1.29 is 24.2 Å². The Morgan fingerprint density at radius 3 is 2.47 bits per heavy atom. The van der Waals surface area contributed by atoms with Crippen molar-refractivity contribution >= 4 is 23.6 Å². The highest BCUT2D eigenvalue weighted by Gasteiger charge is 2.24. The number of anilines is 1. The van der Waals surface area contributed by atoms with E-state index in [0.717, 1.165) is 67.6 Å². The van der Waals surface area contributed by atoms with Crippen molar-refractivity contribution in [1.82, 2.24) is 25.1 Å². The second-order valence-electron chi connectivity index (χ2n) is 12.9. The average molecular weight is 696 g/mol. The molecule has 51 heavy (non-hydrogen) atoms. The van der Waals surface area contributed by atoms with Gasteiger partial charge in [0.25, 0.3) is 0 Å². The summed E-state index contributed by atoms with van der Waals surface area (Å²) in [5.41, 5.74) is 10.6. The van der Waals surface area contributed by atoms with Gasteiger partial charge in [-0.15, -0.1) is 0 Å². The second kappa shape index (κ2) is 19.3. The topological polar surface area (TPSA) is 166 Å². The smallest absolute Gasteiger partial charge is 0.411 e. The molecule has 1 aliphatic rings. The summed E-state index contributed by atoms with van der Waals surface area (Å²) < 4.78 is 5.74. The summed E-state index contributed by atoms with van der Waals surface area (Å²) in [5.74, 6) is 0.0351. The lowest BCUT2D eigenvalue weighted by molar-refractivity contribution is -0.133. The van der Waals surface area contributed by atoms with Crippen molar-refractivity contribution in [3.05, 3.63) is 103 Å². The molecule has 0 aliphatic carbocycles. The van der Waals surface area contributed by atoms with E-state index in [0.29, 0.717) is 44.7 Å². The van der Waals surface area contributed by atoms with Crippen LogP contribution in [0.1, 0.15) is 49.8 Å². The molecule has 0 saturated carbocycles. The molecule has 1 saturated heterocycles. The van der Waals surface area contributed by atoms with Crippen molar-refractivity contribution in [2.24, 2.45) is 5.73 Å². The quantitative estimate of drug-likeness (QED) is 0.0956. The van der Waals surface area contributed by atoms with Gasteiger partial charge in [0.15, 0.2) is 0 Å². The number of nitrogens with zero attached hydrogens (tertiary/aromatic N) is 3. The van der Waals surface area contributed by atoms with E-state index in [1.807, 2.05) is 54.6 Å². The minimum Gasteiger partial charge on any atom is -0.508 e. The number of nitrogens with one attached hydrogen (secondary N) is 3. The molecule has 1 fully saturated rings. The Kier molecular flexibility index (Phi) is 14.0. The number of carbonyl (C=O) groups excluding carboxylic acids is 3. The monoisotopic (exact) mass is 695 g/mol. The Morgan fingerprint density at radius 2 is 1.73 bits per heavy atom. The molecule has 1 unspecified atom stereocenters. The maximum absolute atomic E-state index is 13.3. The summed E-state index contributed by atoms with van der Waals surface area (Å²) >= 11 is 0. The fraction of sp³-hybridized carbons (Fsp3) is 0.385. The van der Waals surface area contributed by atoms with Crippen molar-refractivity contribution in [1.29, 1.82) is 0 Å². The van der Waals surface area contributed by atoms with Crippen LogP contribution in [0.25, 0.3) is 11.1 Å². The number of amides is 3. The fourth-order valence-electron chi connectivity index (χ4n) is 6.22. The number of benzene rings is 3. The lowest BCUT2D eigenvalue weighted by Gasteiger charge is -2.31. The molecule has 12 heteroatoms. The van der Waals surface area contributed by atoms with Gasteiger partial charge < -0.3 is 35.7 Å². The Hall–Kier alpha value is -5.20. The minimum absolute atomic E-state index is 0.0123. The van der Waals surface area contributed by atoms with Crippen LogP contribution in [0, 0.1) is 0 Å². The van der Waals surface area contributed by atoms with Crippen molar-refractivity contribution in [3.63, 3.8) is 0 Å². The predicted molar refractivity (Wildman–Crippen MR) is 197 cm³/mol. The molecule has 2 heterocycles. The summed E-state index contributed by atoms with van der Waals surface area (Å²) in [6.45, 7) is 3.67. The molecule has 0 radical (unpaired) electrons. The Labute approximate surface area is 299 Å². The number of hydrogen-bond donors (Lipinski definition) is 5. The van der Waals surface area contributed by atoms with Crippen LogP contribution in [0.15, 0.2) is 91.4 Å². The van der Waals surface area contributed by atoms with Crippen molar-refractivity contribution in [2.45, 2.75) is 63.6 Å². The van der Waals surface area contributed by atoms with E-state index in [-0.39, 0.29) is 23.7 Å². The molecular weight excluding hydrogens is 646 g/mol. The average Bonchev–Trinajstić information content (AvgIpc) is 3.66. The zero-order valence-corrected chi connectivity index (χ0v) is 29.0. The maximum atomic E-state index is 13.3. The van der Waals surface area contributed by atoms with Crippen LogP contribution in [0.5, 0.6) is 5.75 Å². The number of hydrogen-bond acceptors (Lipinski definition) is 8. The maximum Gasteiger partial charge on any atom is 0.411 e. The van der Waals surface area contributed by atoms with Gasteiger partial charge in [-0.25, -0.2) is 9.78 Å². The number of H-pyrrole nitrogens is 1. The molecule has 6 N–H and O–H groups in total. The Bertz CT molecular complexity index is 1660. The van der Waals surface area contributed by atoms with Gasteiger partial charge in [-0.3, -0.25) is 14.9 Å². The highest BCUT2D eigenvalue weighted by atomic mass is 16.6. The standard InChI is InChI=1S/C39H49N7O5/c40-35(25-31-26-41-28-43-31)38(49)46(27-29-13-15-32(47)16-14-29)21-8-2-7-20-42-37(48)19-24-45-22-17-33(18-23-45)51-39(50)44-36-12-6-5-11-34(36)30-9-3-1-4-10-30/h1,3-6,9-16,26,28,33,35,47H,2,7-8,17-25,27,40H2,(H,41,43)(H,42,48)(H,44,50). The third kappa shape index (κ3) is 12.0. The summed E-state index contributed by atoms with van der Waals surface area (Å²) in [5, 5.41) is 15.6. The SMILES string of the molecule is NC(Cc1c[nH]cn1)C(=O)N(CCCCCNC(=O)CCN1CCC(OC(=O)Nc2ccccc2-c2ccccc2)CC1)Cc1ccc(O)cc1. The Balaban J connectivity index is 0.953. The van der Waals surface area contributed by atoms with E-state index in [2.05, 4.69) is 25.5 Å². The van der Waals surface area contributed by atoms with E-state index >= 15 is 0 Å². The number of nitrogens with two attached hydrogens (primary N) is 1. The van der Waals surface area contributed by atoms with Gasteiger partial charge in [0.1, 0.15) is 11.9 Å². The predicted octanol–water partition coefficient (Wildman–Crippen LogP) is 5.07. The molecule has 0 bridgehead atoms. The minimum atomic E-state index is -0.712. The van der Waals surface area contributed by atoms with Gasteiger partial charge in [0, 0.05) is 63.9 Å². The number of piperidine rings is 1. The molecule has 3 aromatic carbocycles. The molecule has 1 atom stereocenters. The number of imidazole rings is 1. The van der Waals surface area contributed by atoms with Crippen LogP contribution in [-0.2, 0) is 27.3 Å². The number of para-hydroxylation sites is 1. The fourth-order valence-corrected chi connectivity index (χ4v) is 6.22. The summed E-state index contributed by atoms with van der Waals surface area (Å²) in [6, 6.07) is 23.7. The zero-order valence-electron chi connectivity index (χ0n) is 29.0. The number of phenolic OH excluding ortho intramolecular Hbond substituents is 1. The van der Waals surface area contributed by atoms with Crippen LogP contribution < -0.4 is 16.4 Å². The third-order valence-electron chi connectivity index (χ3n) is 9.06. The summed E-state index contributed by atoms with van der Waals surface area (Å²) in [7, 11) is 0. The molecule has 5 rings (SSSR count). The molecule has 0 spiro atoms. The van der Waals surface area contributed by atoms with E-state index in [4.69, 9.17) is 10.5 Å². The number of carbonyl (C=O) groups is 3. The normalized spacial score (nSPS) is 14.1. The van der Waals surface area contributed by atoms with Crippen LogP contribution in [0.4, 0.5) is 10.5 Å². The highest BCUT2D eigenvalue weighted by Crippen LogP contribution is 2.28. The molecule has 12 nitrogen and oxygen atoms in total. The lowest BCUT2D eigenvalue weighted by Crippen LogP contribution is -2.45. The summed E-state index contributed by atoms with van der Waals surface area (Å²) in [6.07, 6.45) is 7.27. The third-order valence-corrected chi connectivity index (χ3v) is 9.06. The number of unbranched alkanes of at least 4 members (excludes halogenated alkanes) is 2. The van der Waals surface area contributed by atoms with Crippen molar-refractivity contribution in [3.8, 4) is 16.9 Å². The summed E-state index contributed by atoms with van der Waals surface area (Å²) in [4.78, 5) is 49.6.